The standard InChI is InChI=1S/C25H22ClNO4/c26-23-9-5-4-8-21(23)17-30-22-13-10-19(11-14-22)12-15-25(29)31-18-24(28)27-16-20-6-2-1-3-7-20/h1-15H,16-18H2,(H,27,28)/b15-12+. The summed E-state index contributed by atoms with van der Waals surface area (Å²) in [6.45, 7) is 0.427. The van der Waals surface area contributed by atoms with Gasteiger partial charge in [-0.25, -0.2) is 4.79 Å². The summed E-state index contributed by atoms with van der Waals surface area (Å²) < 4.78 is 10.7. The molecule has 0 spiro atoms. The van der Waals surface area contributed by atoms with Gasteiger partial charge in [0, 0.05) is 23.2 Å². The van der Waals surface area contributed by atoms with Crippen molar-refractivity contribution in [2.45, 2.75) is 13.2 Å². The van der Waals surface area contributed by atoms with Crippen LogP contribution in [0.25, 0.3) is 6.08 Å². The van der Waals surface area contributed by atoms with E-state index in [-0.39, 0.29) is 12.5 Å². The lowest BCUT2D eigenvalue weighted by Crippen LogP contribution is -2.28. The highest BCUT2D eigenvalue weighted by Crippen LogP contribution is 2.19. The summed E-state index contributed by atoms with van der Waals surface area (Å²) in [7, 11) is 0. The third kappa shape index (κ3) is 7.64. The lowest BCUT2D eigenvalue weighted by molar-refractivity contribution is -0.143. The maximum Gasteiger partial charge on any atom is 0.331 e. The summed E-state index contributed by atoms with van der Waals surface area (Å²) in [5.74, 6) is -0.255. The Bertz CT molecular complexity index is 1030. The molecule has 0 aromatic heterocycles. The number of nitrogens with one attached hydrogen (secondary N) is 1. The van der Waals surface area contributed by atoms with E-state index in [0.717, 1.165) is 16.7 Å². The second-order valence-electron chi connectivity index (χ2n) is 6.65. The van der Waals surface area contributed by atoms with Crippen LogP contribution in [0.15, 0.2) is 84.9 Å². The number of hydrogen-bond donors (Lipinski definition) is 1. The number of carbonyl (C=O) groups is 2. The second-order valence-corrected chi connectivity index (χ2v) is 7.06. The van der Waals surface area contributed by atoms with Gasteiger partial charge in [0.1, 0.15) is 12.4 Å². The van der Waals surface area contributed by atoms with Crippen molar-refractivity contribution in [3.63, 3.8) is 0 Å². The predicted molar refractivity (Wildman–Crippen MR) is 121 cm³/mol. The van der Waals surface area contributed by atoms with Crippen molar-refractivity contribution in [2.24, 2.45) is 0 Å². The Morgan fingerprint density at radius 3 is 2.35 bits per heavy atom. The van der Waals surface area contributed by atoms with Crippen LogP contribution in [0, 0.1) is 0 Å². The van der Waals surface area contributed by atoms with Crippen LogP contribution in [0.2, 0.25) is 5.02 Å². The molecule has 3 aromatic rings. The first-order chi connectivity index (χ1) is 15.1. The number of carbonyl (C=O) groups excluding carboxylic acids is 2. The normalized spacial score (nSPS) is 10.6. The molecule has 0 saturated carbocycles. The second kappa shape index (κ2) is 11.6. The summed E-state index contributed by atoms with van der Waals surface area (Å²) >= 11 is 6.12. The first kappa shape index (κ1) is 22.1. The minimum absolute atomic E-state index is 0.329. The third-order valence-corrected chi connectivity index (χ3v) is 4.69. The summed E-state index contributed by atoms with van der Waals surface area (Å²) in [6.07, 6.45) is 2.89. The van der Waals surface area contributed by atoms with Gasteiger partial charge < -0.3 is 14.8 Å². The Morgan fingerprint density at radius 1 is 0.903 bits per heavy atom. The van der Waals surface area contributed by atoms with E-state index in [1.165, 1.54) is 6.08 Å². The van der Waals surface area contributed by atoms with E-state index in [9.17, 15) is 9.59 Å². The molecule has 3 aromatic carbocycles. The molecule has 0 fully saturated rings. The van der Waals surface area contributed by atoms with E-state index < -0.39 is 5.97 Å². The number of ether oxygens (including phenoxy) is 2. The number of hydrogen-bond acceptors (Lipinski definition) is 4. The molecule has 6 heteroatoms. The van der Waals surface area contributed by atoms with Crippen molar-refractivity contribution in [2.75, 3.05) is 6.61 Å². The minimum atomic E-state index is -0.589. The van der Waals surface area contributed by atoms with E-state index in [0.29, 0.717) is 23.9 Å². The fraction of sp³-hybridized carbons (Fsp3) is 0.120. The minimum Gasteiger partial charge on any atom is -0.489 e. The molecule has 0 heterocycles. The maximum atomic E-state index is 11.8. The first-order valence-electron chi connectivity index (χ1n) is 9.72. The summed E-state index contributed by atoms with van der Waals surface area (Å²) in [4.78, 5) is 23.6. The van der Waals surface area contributed by atoms with Crippen LogP contribution in [0.1, 0.15) is 16.7 Å². The average Bonchev–Trinajstić information content (AvgIpc) is 2.81. The monoisotopic (exact) mass is 435 g/mol. The summed E-state index contributed by atoms with van der Waals surface area (Å²) in [5.41, 5.74) is 2.68. The molecule has 1 N–H and O–H groups in total. The fourth-order valence-corrected chi connectivity index (χ4v) is 2.84. The molecule has 5 nitrogen and oxygen atoms in total. The highest BCUT2D eigenvalue weighted by molar-refractivity contribution is 6.31. The van der Waals surface area contributed by atoms with Gasteiger partial charge >= 0.3 is 5.97 Å². The van der Waals surface area contributed by atoms with Gasteiger partial charge in [0.15, 0.2) is 6.61 Å². The smallest absolute Gasteiger partial charge is 0.331 e. The highest BCUT2D eigenvalue weighted by Gasteiger charge is 2.05. The van der Waals surface area contributed by atoms with Crippen LogP contribution in [0.4, 0.5) is 0 Å². The number of halogens is 1. The molecule has 0 unspecified atom stereocenters. The molecule has 0 aliphatic rings. The van der Waals surface area contributed by atoms with Crippen LogP contribution >= 0.6 is 11.6 Å². The quantitative estimate of drug-likeness (QED) is 0.387. The van der Waals surface area contributed by atoms with Crippen LogP contribution in [0.5, 0.6) is 5.75 Å². The largest absolute Gasteiger partial charge is 0.489 e. The molecule has 3 rings (SSSR count). The molecule has 0 radical (unpaired) electrons. The molecule has 158 valence electrons. The van der Waals surface area contributed by atoms with Gasteiger partial charge in [-0.15, -0.1) is 0 Å². The van der Waals surface area contributed by atoms with Crippen LogP contribution < -0.4 is 10.1 Å². The Labute approximate surface area is 186 Å². The number of esters is 1. The van der Waals surface area contributed by atoms with Gasteiger partial charge in [-0.1, -0.05) is 72.3 Å². The van der Waals surface area contributed by atoms with Gasteiger partial charge in [-0.2, -0.15) is 0 Å². The Hall–Kier alpha value is -3.57. The van der Waals surface area contributed by atoms with Crippen molar-refractivity contribution >= 4 is 29.6 Å². The van der Waals surface area contributed by atoms with E-state index in [2.05, 4.69) is 5.32 Å². The van der Waals surface area contributed by atoms with E-state index in [1.807, 2.05) is 66.7 Å². The molecule has 0 aliphatic heterocycles. The number of amides is 1. The third-order valence-electron chi connectivity index (χ3n) is 4.32. The van der Waals surface area contributed by atoms with Gasteiger partial charge in [0.05, 0.1) is 0 Å². The molecule has 0 atom stereocenters. The van der Waals surface area contributed by atoms with Gasteiger partial charge in [-0.05, 0) is 35.4 Å². The molecule has 31 heavy (non-hydrogen) atoms. The molecular weight excluding hydrogens is 414 g/mol. The zero-order valence-corrected chi connectivity index (χ0v) is 17.5. The Morgan fingerprint density at radius 2 is 1.61 bits per heavy atom. The lowest BCUT2D eigenvalue weighted by atomic mass is 10.2. The predicted octanol–water partition coefficient (Wildman–Crippen LogP) is 4.79. The molecule has 0 saturated heterocycles. The van der Waals surface area contributed by atoms with Crippen molar-refractivity contribution in [3.8, 4) is 5.75 Å². The van der Waals surface area contributed by atoms with Gasteiger partial charge in [0.2, 0.25) is 0 Å². The van der Waals surface area contributed by atoms with Crippen LogP contribution in [-0.2, 0) is 27.5 Å². The Kier molecular flexibility index (Phi) is 8.26. The number of rotatable bonds is 9. The lowest BCUT2D eigenvalue weighted by Gasteiger charge is -2.08. The molecule has 0 bridgehead atoms. The fourth-order valence-electron chi connectivity index (χ4n) is 2.65. The van der Waals surface area contributed by atoms with Gasteiger partial charge in [0.25, 0.3) is 5.91 Å². The van der Waals surface area contributed by atoms with E-state index >= 15 is 0 Å². The molecular formula is C25H22ClNO4. The first-order valence-corrected chi connectivity index (χ1v) is 10.1. The van der Waals surface area contributed by atoms with Crippen molar-refractivity contribution in [3.05, 3.63) is 107 Å². The zero-order valence-electron chi connectivity index (χ0n) is 16.8. The topological polar surface area (TPSA) is 64.6 Å². The van der Waals surface area contributed by atoms with Crippen molar-refractivity contribution in [1.29, 1.82) is 0 Å². The maximum absolute atomic E-state index is 11.8. The van der Waals surface area contributed by atoms with Gasteiger partial charge in [-0.3, -0.25) is 4.79 Å². The summed E-state index contributed by atoms with van der Waals surface area (Å²) in [5, 5.41) is 3.36. The van der Waals surface area contributed by atoms with E-state index in [1.54, 1.807) is 18.2 Å². The molecule has 1 amide bonds. The van der Waals surface area contributed by atoms with E-state index in [4.69, 9.17) is 21.1 Å². The SMILES string of the molecule is O=C(COC(=O)/C=C/c1ccc(OCc2ccccc2Cl)cc1)NCc1ccccc1. The zero-order chi connectivity index (χ0) is 21.9. The summed E-state index contributed by atoms with van der Waals surface area (Å²) in [6, 6.07) is 24.2. The Balaban J connectivity index is 1.39. The van der Waals surface area contributed by atoms with Crippen molar-refractivity contribution < 1.29 is 19.1 Å². The highest BCUT2D eigenvalue weighted by atomic mass is 35.5. The average molecular weight is 436 g/mol. The van der Waals surface area contributed by atoms with Crippen LogP contribution in [0.3, 0.4) is 0 Å². The van der Waals surface area contributed by atoms with Crippen molar-refractivity contribution in [1.82, 2.24) is 5.32 Å². The van der Waals surface area contributed by atoms with Crippen LogP contribution in [-0.4, -0.2) is 18.5 Å². The number of benzene rings is 3. The molecule has 0 aliphatic carbocycles.